The molecule has 7 heteroatoms. The SMILES string of the molecule is CC(C)c1ccc(C(O)(c2cncc(-c3noc(CC(C)(C)N)n3)c2)C2(C)CN(C)C2)cc1. The molecular weight excluding hydrogens is 414 g/mol. The number of nitrogens with two attached hydrogens (primary N) is 1. The summed E-state index contributed by atoms with van der Waals surface area (Å²) in [6, 6.07) is 10.2. The summed E-state index contributed by atoms with van der Waals surface area (Å²) < 4.78 is 5.42. The van der Waals surface area contributed by atoms with Crippen LogP contribution in [0.3, 0.4) is 0 Å². The molecule has 1 fully saturated rings. The Bertz CT molecular complexity index is 1110. The first kappa shape index (κ1) is 23.5. The second kappa shape index (κ2) is 8.31. The average Bonchev–Trinajstić information content (AvgIpc) is 3.19. The maximum absolute atomic E-state index is 12.4. The van der Waals surface area contributed by atoms with Gasteiger partial charge in [-0.25, -0.2) is 0 Å². The predicted molar refractivity (Wildman–Crippen MR) is 129 cm³/mol. The minimum absolute atomic E-state index is 0.368. The van der Waals surface area contributed by atoms with E-state index in [9.17, 15) is 5.11 Å². The number of rotatable bonds is 7. The van der Waals surface area contributed by atoms with Crippen molar-refractivity contribution < 1.29 is 9.63 Å². The second-order valence-electron chi connectivity index (χ2n) is 10.9. The lowest BCUT2D eigenvalue weighted by Crippen LogP contribution is -2.63. The van der Waals surface area contributed by atoms with Crippen LogP contribution in [0.4, 0.5) is 0 Å². The number of aliphatic hydroxyl groups is 1. The van der Waals surface area contributed by atoms with Gasteiger partial charge in [0.05, 0.1) is 0 Å². The molecule has 7 nitrogen and oxygen atoms in total. The molecule has 0 saturated carbocycles. The van der Waals surface area contributed by atoms with E-state index in [1.165, 1.54) is 5.56 Å². The highest BCUT2D eigenvalue weighted by molar-refractivity contribution is 5.56. The minimum atomic E-state index is -1.22. The van der Waals surface area contributed by atoms with Crippen LogP contribution in [0.25, 0.3) is 11.4 Å². The molecule has 3 aromatic rings. The molecular formula is C26H35N5O2. The third-order valence-corrected chi connectivity index (χ3v) is 6.60. The lowest BCUT2D eigenvalue weighted by molar-refractivity contribution is -0.127. The minimum Gasteiger partial charge on any atom is -0.380 e. The van der Waals surface area contributed by atoms with Crippen molar-refractivity contribution in [3.63, 3.8) is 0 Å². The monoisotopic (exact) mass is 449 g/mol. The molecule has 0 bridgehead atoms. The van der Waals surface area contributed by atoms with Gasteiger partial charge in [0.15, 0.2) is 0 Å². The van der Waals surface area contributed by atoms with Gasteiger partial charge >= 0.3 is 0 Å². The molecule has 2 aromatic heterocycles. The van der Waals surface area contributed by atoms with Crippen LogP contribution in [0.2, 0.25) is 0 Å². The fraction of sp³-hybridized carbons (Fsp3) is 0.500. The van der Waals surface area contributed by atoms with E-state index in [4.69, 9.17) is 10.3 Å². The van der Waals surface area contributed by atoms with Crippen LogP contribution < -0.4 is 5.73 Å². The molecule has 176 valence electrons. The number of benzene rings is 1. The van der Waals surface area contributed by atoms with Crippen molar-refractivity contribution in [1.29, 1.82) is 0 Å². The largest absolute Gasteiger partial charge is 0.380 e. The van der Waals surface area contributed by atoms with E-state index in [0.717, 1.165) is 24.2 Å². The summed E-state index contributed by atoms with van der Waals surface area (Å²) in [5.74, 6) is 1.35. The number of likely N-dealkylation sites (tertiary alicyclic amines) is 1. The number of hydrogen-bond acceptors (Lipinski definition) is 7. The summed E-state index contributed by atoms with van der Waals surface area (Å²) in [5.41, 5.74) is 7.58. The molecule has 1 aromatic carbocycles. The number of aromatic nitrogens is 3. The van der Waals surface area contributed by atoms with Crippen LogP contribution in [-0.4, -0.2) is 50.8 Å². The normalized spacial score (nSPS) is 18.2. The molecule has 1 unspecified atom stereocenters. The highest BCUT2D eigenvalue weighted by atomic mass is 16.5. The summed E-state index contributed by atoms with van der Waals surface area (Å²) in [4.78, 5) is 11.2. The summed E-state index contributed by atoms with van der Waals surface area (Å²) in [5, 5.41) is 16.5. The van der Waals surface area contributed by atoms with Gasteiger partial charge in [0, 0.05) is 54.0 Å². The lowest BCUT2D eigenvalue weighted by Gasteiger charge is -2.55. The van der Waals surface area contributed by atoms with Crippen molar-refractivity contribution >= 4 is 0 Å². The summed E-state index contributed by atoms with van der Waals surface area (Å²) in [6.07, 6.45) is 3.92. The molecule has 0 amide bonds. The van der Waals surface area contributed by atoms with E-state index in [1.54, 1.807) is 12.4 Å². The first-order valence-corrected chi connectivity index (χ1v) is 11.5. The first-order chi connectivity index (χ1) is 15.4. The van der Waals surface area contributed by atoms with Crippen LogP contribution in [0.1, 0.15) is 63.1 Å². The number of pyridine rings is 1. The van der Waals surface area contributed by atoms with Gasteiger partial charge in [-0.3, -0.25) is 4.98 Å². The van der Waals surface area contributed by atoms with Crippen LogP contribution >= 0.6 is 0 Å². The number of nitrogens with zero attached hydrogens (tertiary/aromatic N) is 4. The summed E-state index contributed by atoms with van der Waals surface area (Å²) in [7, 11) is 2.07. The van der Waals surface area contributed by atoms with E-state index < -0.39 is 11.1 Å². The van der Waals surface area contributed by atoms with Gasteiger partial charge in [0.25, 0.3) is 0 Å². The molecule has 0 radical (unpaired) electrons. The zero-order valence-corrected chi connectivity index (χ0v) is 20.5. The second-order valence-corrected chi connectivity index (χ2v) is 10.9. The van der Waals surface area contributed by atoms with Crippen LogP contribution in [-0.2, 0) is 12.0 Å². The molecule has 1 aliphatic heterocycles. The van der Waals surface area contributed by atoms with Crippen molar-refractivity contribution in [3.05, 3.63) is 65.3 Å². The molecule has 0 aliphatic carbocycles. The van der Waals surface area contributed by atoms with Crippen molar-refractivity contribution in [3.8, 4) is 11.4 Å². The summed E-state index contributed by atoms with van der Waals surface area (Å²) in [6.45, 7) is 11.9. The third-order valence-electron chi connectivity index (χ3n) is 6.60. The van der Waals surface area contributed by atoms with Crippen molar-refractivity contribution in [2.24, 2.45) is 11.1 Å². The van der Waals surface area contributed by atoms with E-state index in [0.29, 0.717) is 29.6 Å². The Labute approximate surface area is 196 Å². The lowest BCUT2D eigenvalue weighted by atomic mass is 9.62. The molecule has 33 heavy (non-hydrogen) atoms. The van der Waals surface area contributed by atoms with Gasteiger partial charge in [-0.15, -0.1) is 0 Å². The number of hydrogen-bond donors (Lipinski definition) is 2. The van der Waals surface area contributed by atoms with Crippen LogP contribution in [0.5, 0.6) is 0 Å². The van der Waals surface area contributed by atoms with Crippen molar-refractivity contribution in [2.75, 3.05) is 20.1 Å². The Morgan fingerprint density at radius 1 is 1.15 bits per heavy atom. The molecule has 3 heterocycles. The molecule has 1 saturated heterocycles. The van der Waals surface area contributed by atoms with Crippen molar-refractivity contribution in [1.82, 2.24) is 20.0 Å². The van der Waals surface area contributed by atoms with Gasteiger partial charge in [0.2, 0.25) is 11.7 Å². The maximum atomic E-state index is 12.4. The quantitative estimate of drug-likeness (QED) is 0.567. The van der Waals surface area contributed by atoms with Crippen LogP contribution in [0.15, 0.2) is 47.2 Å². The van der Waals surface area contributed by atoms with E-state index >= 15 is 0 Å². The molecule has 1 aliphatic rings. The Morgan fingerprint density at radius 3 is 2.39 bits per heavy atom. The van der Waals surface area contributed by atoms with Gasteiger partial charge in [0.1, 0.15) is 5.60 Å². The third kappa shape index (κ3) is 4.45. The van der Waals surface area contributed by atoms with Gasteiger partial charge in [-0.2, -0.15) is 4.98 Å². The van der Waals surface area contributed by atoms with Gasteiger partial charge in [-0.05, 0) is 44.0 Å². The zero-order chi connectivity index (χ0) is 24.0. The highest BCUT2D eigenvalue weighted by Crippen LogP contribution is 2.50. The Hall–Kier alpha value is -2.61. The first-order valence-electron chi connectivity index (χ1n) is 11.5. The predicted octanol–water partition coefficient (Wildman–Crippen LogP) is 3.72. The standard InChI is InChI=1S/C26H35N5O2/c1-17(2)18-7-9-20(10-8-18)26(32,25(5)15-31(6)16-25)21-11-19(13-28-14-21)23-29-22(33-30-23)12-24(3,4)27/h7-11,13-14,17,32H,12,15-16,27H2,1-6H3. The van der Waals surface area contributed by atoms with Gasteiger partial charge < -0.3 is 20.3 Å². The maximum Gasteiger partial charge on any atom is 0.228 e. The fourth-order valence-corrected chi connectivity index (χ4v) is 4.94. The molecule has 3 N–H and O–H groups in total. The summed E-state index contributed by atoms with van der Waals surface area (Å²) >= 11 is 0. The molecule has 4 rings (SSSR count). The average molecular weight is 450 g/mol. The van der Waals surface area contributed by atoms with Crippen molar-refractivity contribution in [2.45, 2.75) is 58.1 Å². The van der Waals surface area contributed by atoms with E-state index in [1.807, 2.05) is 32.0 Å². The topological polar surface area (TPSA) is 101 Å². The zero-order valence-electron chi connectivity index (χ0n) is 20.5. The Kier molecular flexibility index (Phi) is 5.93. The molecule has 0 spiro atoms. The smallest absolute Gasteiger partial charge is 0.228 e. The molecule has 1 atom stereocenters. The Balaban J connectivity index is 1.76. The van der Waals surface area contributed by atoms with E-state index in [2.05, 4.69) is 60.0 Å². The highest BCUT2D eigenvalue weighted by Gasteiger charge is 2.55. The van der Waals surface area contributed by atoms with Gasteiger partial charge in [-0.1, -0.05) is 50.2 Å². The Morgan fingerprint density at radius 2 is 1.82 bits per heavy atom. The van der Waals surface area contributed by atoms with E-state index in [-0.39, 0.29) is 5.41 Å². The fourth-order valence-electron chi connectivity index (χ4n) is 4.94. The van der Waals surface area contributed by atoms with Crippen LogP contribution in [0, 0.1) is 5.41 Å².